The molecule has 1 atom stereocenters. The van der Waals surface area contributed by atoms with Crippen molar-refractivity contribution in [2.75, 3.05) is 33.4 Å². The predicted octanol–water partition coefficient (Wildman–Crippen LogP) is 1.67. The summed E-state index contributed by atoms with van der Waals surface area (Å²) in [4.78, 5) is 37.2. The first-order valence-electron chi connectivity index (χ1n) is 7.52. The predicted molar refractivity (Wildman–Crippen MR) is 91.9 cm³/mol. The lowest BCUT2D eigenvalue weighted by molar-refractivity contribution is -0.151. The van der Waals surface area contributed by atoms with Gasteiger partial charge in [0.2, 0.25) is 5.91 Å². The Morgan fingerprint density at radius 1 is 1.32 bits per heavy atom. The van der Waals surface area contributed by atoms with Crippen molar-refractivity contribution in [2.45, 2.75) is 6.42 Å². The van der Waals surface area contributed by atoms with Crippen molar-refractivity contribution in [2.24, 2.45) is 5.41 Å². The highest BCUT2D eigenvalue weighted by atomic mass is 35.5. The van der Waals surface area contributed by atoms with Gasteiger partial charge in [0, 0.05) is 25.8 Å². The minimum atomic E-state index is -1.10. The number of carbonyl (C=O) groups excluding carboxylic acids is 2. The van der Waals surface area contributed by atoms with Crippen LogP contribution in [0.25, 0.3) is 0 Å². The molecule has 0 aliphatic carbocycles. The molecule has 1 aliphatic heterocycles. The van der Waals surface area contributed by atoms with Crippen LogP contribution < -0.4 is 5.32 Å². The van der Waals surface area contributed by atoms with E-state index in [4.69, 9.17) is 27.9 Å². The highest BCUT2D eigenvalue weighted by Gasteiger charge is 2.46. The van der Waals surface area contributed by atoms with Gasteiger partial charge >= 0.3 is 5.97 Å². The zero-order chi connectivity index (χ0) is 18.6. The fourth-order valence-corrected chi connectivity index (χ4v) is 3.02. The zero-order valence-corrected chi connectivity index (χ0v) is 15.1. The molecule has 9 heteroatoms. The summed E-state index contributed by atoms with van der Waals surface area (Å²) < 4.78 is 4.98. The van der Waals surface area contributed by atoms with Gasteiger partial charge in [0.15, 0.2) is 0 Å². The number of amides is 2. The fourth-order valence-electron chi connectivity index (χ4n) is 2.72. The summed E-state index contributed by atoms with van der Waals surface area (Å²) in [5.74, 6) is -1.82. The molecule has 136 valence electrons. The van der Waals surface area contributed by atoms with Crippen LogP contribution in [0.4, 0.5) is 0 Å². The van der Waals surface area contributed by atoms with Crippen LogP contribution in [-0.4, -0.2) is 61.1 Å². The summed E-state index contributed by atoms with van der Waals surface area (Å²) in [5.41, 5.74) is -0.819. The minimum Gasteiger partial charge on any atom is -0.481 e. The van der Waals surface area contributed by atoms with Crippen LogP contribution in [0.15, 0.2) is 18.2 Å². The molecule has 2 amide bonds. The summed E-state index contributed by atoms with van der Waals surface area (Å²) in [7, 11) is 1.42. The maximum absolute atomic E-state index is 12.2. The van der Waals surface area contributed by atoms with E-state index < -0.39 is 17.3 Å². The number of rotatable bonds is 6. The van der Waals surface area contributed by atoms with Crippen LogP contribution in [0, 0.1) is 5.41 Å². The molecule has 0 aromatic heterocycles. The number of hydrogen-bond donors (Lipinski definition) is 2. The van der Waals surface area contributed by atoms with Crippen molar-refractivity contribution in [3.8, 4) is 0 Å². The lowest BCUT2D eigenvalue weighted by Gasteiger charge is -2.23. The van der Waals surface area contributed by atoms with E-state index in [9.17, 15) is 19.5 Å². The maximum atomic E-state index is 12.2. The maximum Gasteiger partial charge on any atom is 0.313 e. The number of nitrogens with zero attached hydrogens (tertiary/aromatic N) is 1. The van der Waals surface area contributed by atoms with Gasteiger partial charge in [0.25, 0.3) is 5.91 Å². The Morgan fingerprint density at radius 3 is 2.64 bits per heavy atom. The third kappa shape index (κ3) is 4.42. The third-order valence-electron chi connectivity index (χ3n) is 4.16. The van der Waals surface area contributed by atoms with Gasteiger partial charge in [-0.25, -0.2) is 0 Å². The van der Waals surface area contributed by atoms with Crippen molar-refractivity contribution in [1.82, 2.24) is 10.2 Å². The Balaban J connectivity index is 1.93. The summed E-state index contributed by atoms with van der Waals surface area (Å²) in [6.45, 7) is 0.151. The molecule has 1 aromatic carbocycles. The number of methoxy groups -OCH3 is 1. The van der Waals surface area contributed by atoms with Crippen molar-refractivity contribution >= 4 is 41.0 Å². The van der Waals surface area contributed by atoms with E-state index in [1.54, 1.807) is 0 Å². The molecule has 7 nitrogen and oxygen atoms in total. The van der Waals surface area contributed by atoms with Gasteiger partial charge in [0.1, 0.15) is 5.41 Å². The molecule has 1 heterocycles. The summed E-state index contributed by atoms with van der Waals surface area (Å²) in [5, 5.41) is 12.5. The normalized spacial score (nSPS) is 19.7. The highest BCUT2D eigenvalue weighted by molar-refractivity contribution is 6.42. The quantitative estimate of drug-likeness (QED) is 0.772. The van der Waals surface area contributed by atoms with Crippen LogP contribution >= 0.6 is 23.2 Å². The largest absolute Gasteiger partial charge is 0.481 e. The number of likely N-dealkylation sites (tertiary alicyclic amines) is 1. The molecule has 1 aromatic rings. The molecule has 1 unspecified atom stereocenters. The number of halogens is 2. The fraction of sp³-hybridized carbons (Fsp3) is 0.438. The first-order valence-corrected chi connectivity index (χ1v) is 8.28. The average molecular weight is 389 g/mol. The summed E-state index contributed by atoms with van der Waals surface area (Å²) >= 11 is 11.7. The second-order valence-electron chi connectivity index (χ2n) is 5.90. The van der Waals surface area contributed by atoms with Crippen molar-refractivity contribution < 1.29 is 24.2 Å². The third-order valence-corrected chi connectivity index (χ3v) is 4.90. The molecule has 2 rings (SSSR count). The second kappa shape index (κ2) is 8.03. The van der Waals surface area contributed by atoms with Gasteiger partial charge in [-0.3, -0.25) is 14.4 Å². The van der Waals surface area contributed by atoms with Gasteiger partial charge in [-0.1, -0.05) is 23.2 Å². The Hall–Kier alpha value is -1.83. The topological polar surface area (TPSA) is 95.9 Å². The molecule has 0 saturated carbocycles. The number of benzene rings is 1. The molecule has 25 heavy (non-hydrogen) atoms. The van der Waals surface area contributed by atoms with Gasteiger partial charge in [-0.15, -0.1) is 0 Å². The number of carbonyl (C=O) groups is 3. The molecule has 1 aliphatic rings. The van der Waals surface area contributed by atoms with E-state index >= 15 is 0 Å². The van der Waals surface area contributed by atoms with E-state index in [1.165, 1.54) is 30.2 Å². The molecular formula is C16H18Cl2N2O5. The Morgan fingerprint density at radius 2 is 2.04 bits per heavy atom. The highest BCUT2D eigenvalue weighted by Crippen LogP contribution is 2.31. The average Bonchev–Trinajstić information content (AvgIpc) is 3.01. The van der Waals surface area contributed by atoms with Crippen LogP contribution in [0.2, 0.25) is 10.0 Å². The van der Waals surface area contributed by atoms with Crippen molar-refractivity contribution in [3.05, 3.63) is 33.8 Å². The Kier molecular flexibility index (Phi) is 6.26. The number of aliphatic carboxylic acids is 1. The number of carboxylic acids is 1. The van der Waals surface area contributed by atoms with Gasteiger partial charge in [0.05, 0.1) is 23.2 Å². The molecule has 0 spiro atoms. The van der Waals surface area contributed by atoms with Crippen LogP contribution in [0.5, 0.6) is 0 Å². The Bertz CT molecular complexity index is 697. The van der Waals surface area contributed by atoms with E-state index in [0.717, 1.165) is 0 Å². The van der Waals surface area contributed by atoms with Gasteiger partial charge < -0.3 is 20.1 Å². The van der Waals surface area contributed by atoms with Crippen LogP contribution in [0.1, 0.15) is 16.8 Å². The van der Waals surface area contributed by atoms with Crippen LogP contribution in [0.3, 0.4) is 0 Å². The first-order chi connectivity index (χ1) is 11.8. The molecular weight excluding hydrogens is 371 g/mol. The van der Waals surface area contributed by atoms with Gasteiger partial charge in [-0.2, -0.15) is 0 Å². The molecule has 0 radical (unpaired) electrons. The number of ether oxygens (including phenoxy) is 1. The molecule has 1 fully saturated rings. The molecule has 0 bridgehead atoms. The second-order valence-corrected chi connectivity index (χ2v) is 6.71. The lowest BCUT2D eigenvalue weighted by atomic mass is 9.88. The standard InChI is InChI=1S/C16H18Cl2N2O5/c1-25-9-16(15(23)24)4-5-20(8-16)13(21)7-19-14(22)10-2-3-11(17)12(18)6-10/h2-3,6H,4-5,7-9H2,1H3,(H,19,22)(H,23,24). The van der Waals surface area contributed by atoms with E-state index in [2.05, 4.69) is 5.32 Å². The minimum absolute atomic E-state index is 0.0295. The number of nitrogens with one attached hydrogen (secondary N) is 1. The van der Waals surface area contributed by atoms with Crippen LogP contribution in [-0.2, 0) is 14.3 Å². The van der Waals surface area contributed by atoms with Crippen molar-refractivity contribution in [3.63, 3.8) is 0 Å². The molecule has 2 N–H and O–H groups in total. The Labute approximate surface area is 154 Å². The van der Waals surface area contributed by atoms with E-state index in [0.29, 0.717) is 18.0 Å². The summed E-state index contributed by atoms with van der Waals surface area (Å²) in [6, 6.07) is 4.40. The monoisotopic (exact) mass is 388 g/mol. The number of hydrogen-bond acceptors (Lipinski definition) is 4. The SMILES string of the molecule is COCC1(C(=O)O)CCN(C(=O)CNC(=O)c2ccc(Cl)c(Cl)c2)C1. The molecule has 1 saturated heterocycles. The smallest absolute Gasteiger partial charge is 0.313 e. The van der Waals surface area contributed by atoms with E-state index in [-0.39, 0.29) is 36.2 Å². The van der Waals surface area contributed by atoms with E-state index in [1.807, 2.05) is 0 Å². The van der Waals surface area contributed by atoms with Gasteiger partial charge in [-0.05, 0) is 24.6 Å². The number of carboxylic acid groups (broad SMARTS) is 1. The first kappa shape index (κ1) is 19.5. The summed E-state index contributed by atoms with van der Waals surface area (Å²) in [6.07, 6.45) is 0.308. The zero-order valence-electron chi connectivity index (χ0n) is 13.6. The lowest BCUT2D eigenvalue weighted by Crippen LogP contribution is -2.43. The van der Waals surface area contributed by atoms with Crippen molar-refractivity contribution in [1.29, 1.82) is 0 Å².